The van der Waals surface area contributed by atoms with Gasteiger partial charge in [-0.1, -0.05) is 17.7 Å². The average molecular weight is 297 g/mol. The van der Waals surface area contributed by atoms with Crippen LogP contribution in [0.5, 0.6) is 0 Å². The molecule has 1 aliphatic heterocycles. The summed E-state index contributed by atoms with van der Waals surface area (Å²) in [6.45, 7) is 3.55. The maximum absolute atomic E-state index is 13.7. The summed E-state index contributed by atoms with van der Waals surface area (Å²) in [5.41, 5.74) is 0.552. The van der Waals surface area contributed by atoms with Crippen LogP contribution in [0.15, 0.2) is 18.2 Å². The zero-order chi connectivity index (χ0) is 14.1. The summed E-state index contributed by atoms with van der Waals surface area (Å²) < 4.78 is 13.7. The Morgan fingerprint density at radius 3 is 2.55 bits per heavy atom. The monoisotopic (exact) mass is 296 g/mol. The Balaban J connectivity index is 1.57. The van der Waals surface area contributed by atoms with Crippen molar-refractivity contribution in [3.8, 4) is 0 Å². The molecule has 0 spiro atoms. The fourth-order valence-corrected chi connectivity index (χ4v) is 2.84. The molecule has 20 heavy (non-hydrogen) atoms. The van der Waals surface area contributed by atoms with Crippen molar-refractivity contribution in [3.63, 3.8) is 0 Å². The van der Waals surface area contributed by atoms with Crippen molar-refractivity contribution in [1.29, 1.82) is 0 Å². The molecule has 0 radical (unpaired) electrons. The number of nitrogens with zero attached hydrogens (tertiary/aromatic N) is 2. The van der Waals surface area contributed by atoms with Gasteiger partial charge in [0, 0.05) is 49.2 Å². The van der Waals surface area contributed by atoms with Crippen molar-refractivity contribution < 1.29 is 9.18 Å². The summed E-state index contributed by atoms with van der Waals surface area (Å²) in [7, 11) is 0. The molecule has 1 aliphatic carbocycles. The van der Waals surface area contributed by atoms with Crippen molar-refractivity contribution in [1.82, 2.24) is 9.80 Å². The Morgan fingerprint density at radius 1 is 1.25 bits per heavy atom. The van der Waals surface area contributed by atoms with Crippen molar-refractivity contribution in [2.45, 2.75) is 19.4 Å². The van der Waals surface area contributed by atoms with E-state index in [-0.39, 0.29) is 11.7 Å². The molecule has 1 saturated carbocycles. The van der Waals surface area contributed by atoms with Crippen LogP contribution in [0.25, 0.3) is 0 Å². The predicted octanol–water partition coefficient (Wildman–Crippen LogP) is 2.53. The zero-order valence-corrected chi connectivity index (χ0v) is 12.1. The molecule has 1 amide bonds. The largest absolute Gasteiger partial charge is 0.340 e. The number of amides is 1. The van der Waals surface area contributed by atoms with Crippen LogP contribution < -0.4 is 0 Å². The number of halogens is 2. The normalized spacial score (nSPS) is 20.2. The van der Waals surface area contributed by atoms with Crippen molar-refractivity contribution in [2.75, 3.05) is 26.2 Å². The minimum absolute atomic E-state index is 0.256. The van der Waals surface area contributed by atoms with E-state index >= 15 is 0 Å². The van der Waals surface area contributed by atoms with E-state index < -0.39 is 0 Å². The van der Waals surface area contributed by atoms with Gasteiger partial charge in [-0.15, -0.1) is 0 Å². The number of carbonyl (C=O) groups excluding carboxylic acids is 1. The van der Waals surface area contributed by atoms with Gasteiger partial charge >= 0.3 is 0 Å². The van der Waals surface area contributed by atoms with Gasteiger partial charge in [-0.25, -0.2) is 4.39 Å². The summed E-state index contributed by atoms with van der Waals surface area (Å²) in [6, 6.07) is 4.77. The Kier molecular flexibility index (Phi) is 3.94. The second-order valence-electron chi connectivity index (χ2n) is 5.58. The lowest BCUT2D eigenvalue weighted by Gasteiger charge is -2.35. The van der Waals surface area contributed by atoms with Gasteiger partial charge in [0.25, 0.3) is 0 Å². The topological polar surface area (TPSA) is 23.6 Å². The number of piperazine rings is 1. The number of hydrogen-bond donors (Lipinski definition) is 0. The highest BCUT2D eigenvalue weighted by Gasteiger charge is 2.34. The fourth-order valence-electron chi connectivity index (χ4n) is 2.62. The van der Waals surface area contributed by atoms with E-state index in [1.807, 2.05) is 4.90 Å². The highest BCUT2D eigenvalue weighted by Crippen LogP contribution is 2.31. The molecule has 0 aromatic heterocycles. The second-order valence-corrected chi connectivity index (χ2v) is 5.98. The Bertz CT molecular complexity index is 490. The number of benzene rings is 1. The number of carbonyl (C=O) groups is 1. The summed E-state index contributed by atoms with van der Waals surface area (Å²) in [5, 5.41) is 0.474. The van der Waals surface area contributed by atoms with Gasteiger partial charge < -0.3 is 4.90 Å². The van der Waals surface area contributed by atoms with E-state index in [9.17, 15) is 9.18 Å². The van der Waals surface area contributed by atoms with Gasteiger partial charge in [-0.2, -0.15) is 0 Å². The van der Waals surface area contributed by atoms with Gasteiger partial charge in [-0.3, -0.25) is 9.69 Å². The second kappa shape index (κ2) is 5.70. The van der Waals surface area contributed by atoms with Crippen LogP contribution in [0.2, 0.25) is 5.02 Å². The summed E-state index contributed by atoms with van der Waals surface area (Å²) >= 11 is 6.05. The fraction of sp³-hybridized carbons (Fsp3) is 0.533. The Morgan fingerprint density at radius 2 is 1.95 bits per heavy atom. The molecule has 0 bridgehead atoms. The first-order valence-corrected chi connectivity index (χ1v) is 7.47. The molecule has 3 nitrogen and oxygen atoms in total. The van der Waals surface area contributed by atoms with Crippen LogP contribution in [0, 0.1) is 11.7 Å². The molecule has 1 saturated heterocycles. The first-order chi connectivity index (χ1) is 9.65. The van der Waals surface area contributed by atoms with Crippen molar-refractivity contribution in [3.05, 3.63) is 34.6 Å². The first kappa shape index (κ1) is 13.8. The molecule has 0 N–H and O–H groups in total. The summed E-state index contributed by atoms with van der Waals surface area (Å²) in [5.74, 6) is 0.324. The molecular formula is C15H18ClFN2O. The third-order valence-corrected chi connectivity index (χ3v) is 4.41. The smallest absolute Gasteiger partial charge is 0.225 e. The summed E-state index contributed by atoms with van der Waals surface area (Å²) in [6.07, 6.45) is 2.09. The minimum atomic E-state index is -0.256. The lowest BCUT2D eigenvalue weighted by Crippen LogP contribution is -2.48. The van der Waals surface area contributed by atoms with E-state index in [0.29, 0.717) is 23.0 Å². The molecule has 1 heterocycles. The maximum atomic E-state index is 13.7. The Hall–Kier alpha value is -1.13. The highest BCUT2D eigenvalue weighted by molar-refractivity contribution is 6.31. The Labute approximate surface area is 123 Å². The van der Waals surface area contributed by atoms with E-state index in [1.54, 1.807) is 12.1 Å². The van der Waals surface area contributed by atoms with Crippen LogP contribution >= 0.6 is 11.6 Å². The van der Waals surface area contributed by atoms with E-state index in [2.05, 4.69) is 4.90 Å². The maximum Gasteiger partial charge on any atom is 0.225 e. The molecule has 0 atom stereocenters. The standard InChI is InChI=1S/C15H18ClFN2O/c16-13-2-1-3-14(17)12(13)10-18-6-8-19(9-7-18)15(20)11-4-5-11/h1-3,11H,4-10H2. The number of hydrogen-bond acceptors (Lipinski definition) is 2. The van der Waals surface area contributed by atoms with Gasteiger partial charge in [0.15, 0.2) is 0 Å². The van der Waals surface area contributed by atoms with E-state index in [4.69, 9.17) is 11.6 Å². The molecule has 1 aromatic rings. The average Bonchev–Trinajstić information content (AvgIpc) is 3.28. The molecule has 5 heteroatoms. The number of rotatable bonds is 3. The quantitative estimate of drug-likeness (QED) is 0.856. The van der Waals surface area contributed by atoms with E-state index in [1.165, 1.54) is 6.07 Å². The molecule has 0 unspecified atom stereocenters. The molecule has 2 fully saturated rings. The van der Waals surface area contributed by atoms with Crippen LogP contribution in [-0.4, -0.2) is 41.9 Å². The SMILES string of the molecule is O=C(C1CC1)N1CCN(Cc2c(F)cccc2Cl)CC1. The molecule has 2 aliphatic rings. The van der Waals surface area contributed by atoms with Crippen molar-refractivity contribution >= 4 is 17.5 Å². The van der Waals surface area contributed by atoms with Gasteiger partial charge in [0.1, 0.15) is 5.82 Å². The van der Waals surface area contributed by atoms with Gasteiger partial charge in [-0.05, 0) is 25.0 Å². The van der Waals surface area contributed by atoms with Crippen LogP contribution in [0.3, 0.4) is 0 Å². The lowest BCUT2D eigenvalue weighted by molar-refractivity contribution is -0.134. The molecule has 108 valence electrons. The third-order valence-electron chi connectivity index (χ3n) is 4.05. The van der Waals surface area contributed by atoms with Crippen molar-refractivity contribution in [2.24, 2.45) is 5.92 Å². The minimum Gasteiger partial charge on any atom is -0.340 e. The van der Waals surface area contributed by atoms with Crippen LogP contribution in [0.4, 0.5) is 4.39 Å². The molecule has 3 rings (SSSR count). The first-order valence-electron chi connectivity index (χ1n) is 7.09. The van der Waals surface area contributed by atoms with Crippen LogP contribution in [-0.2, 0) is 11.3 Å². The van der Waals surface area contributed by atoms with E-state index in [0.717, 1.165) is 39.0 Å². The molecular weight excluding hydrogens is 279 g/mol. The summed E-state index contributed by atoms with van der Waals surface area (Å²) in [4.78, 5) is 16.1. The van der Waals surface area contributed by atoms with Gasteiger partial charge in [0.2, 0.25) is 5.91 Å². The molecule has 1 aromatic carbocycles. The predicted molar refractivity (Wildman–Crippen MR) is 76.0 cm³/mol. The zero-order valence-electron chi connectivity index (χ0n) is 11.3. The van der Waals surface area contributed by atoms with Crippen LogP contribution in [0.1, 0.15) is 18.4 Å². The lowest BCUT2D eigenvalue weighted by atomic mass is 10.1. The van der Waals surface area contributed by atoms with Gasteiger partial charge in [0.05, 0.1) is 0 Å². The highest BCUT2D eigenvalue weighted by atomic mass is 35.5. The third kappa shape index (κ3) is 2.96.